The summed E-state index contributed by atoms with van der Waals surface area (Å²) >= 11 is 0. The summed E-state index contributed by atoms with van der Waals surface area (Å²) in [6.45, 7) is 3.32. The summed E-state index contributed by atoms with van der Waals surface area (Å²) in [5, 5.41) is 0. The van der Waals surface area contributed by atoms with Gasteiger partial charge in [0.05, 0.1) is 0 Å². The average molecular weight is 255 g/mol. The number of hydrogen-bond donors (Lipinski definition) is 0. The van der Waals surface area contributed by atoms with Gasteiger partial charge in [-0.1, -0.05) is 6.07 Å². The lowest BCUT2D eigenvalue weighted by Gasteiger charge is -1.97. The molecular weight excluding hydrogens is 242 g/mol. The maximum absolute atomic E-state index is 11.2. The molecule has 2 heterocycles. The van der Waals surface area contributed by atoms with Crippen molar-refractivity contribution in [2.45, 2.75) is 20.3 Å². The van der Waals surface area contributed by atoms with Gasteiger partial charge in [0.25, 0.3) is 0 Å². The van der Waals surface area contributed by atoms with Gasteiger partial charge in [0.2, 0.25) is 0 Å². The Hall–Kier alpha value is -2.36. The zero-order valence-corrected chi connectivity index (χ0v) is 10.8. The molecule has 19 heavy (non-hydrogen) atoms. The van der Waals surface area contributed by atoms with E-state index in [2.05, 4.69) is 4.98 Å². The van der Waals surface area contributed by atoms with E-state index in [0.717, 1.165) is 22.4 Å². The number of hydrogen-bond acceptors (Lipinski definition) is 4. The van der Waals surface area contributed by atoms with Crippen LogP contribution < -0.4 is 0 Å². The minimum atomic E-state index is -0.0613. The van der Waals surface area contributed by atoms with Gasteiger partial charge in [-0.2, -0.15) is 0 Å². The number of benzene rings is 1. The minimum Gasteiger partial charge on any atom is -0.458 e. The summed E-state index contributed by atoms with van der Waals surface area (Å²) < 4.78 is 10.9. The smallest absolute Gasteiger partial charge is 0.194 e. The normalized spacial score (nSPS) is 11.1. The van der Waals surface area contributed by atoms with Gasteiger partial charge in [0.15, 0.2) is 23.0 Å². The largest absolute Gasteiger partial charge is 0.458 e. The number of oxazole rings is 1. The Morgan fingerprint density at radius 2 is 2.05 bits per heavy atom. The van der Waals surface area contributed by atoms with E-state index in [1.807, 2.05) is 31.2 Å². The van der Waals surface area contributed by atoms with Crippen LogP contribution in [0, 0.1) is 6.92 Å². The van der Waals surface area contributed by atoms with E-state index in [1.165, 1.54) is 6.92 Å². The summed E-state index contributed by atoms with van der Waals surface area (Å²) in [5.41, 5.74) is 2.70. The molecule has 3 aromatic rings. The van der Waals surface area contributed by atoms with Crippen LogP contribution in [0.4, 0.5) is 0 Å². The first-order valence-corrected chi connectivity index (χ1v) is 6.07. The van der Waals surface area contributed by atoms with Gasteiger partial charge in [0.1, 0.15) is 11.3 Å². The maximum atomic E-state index is 11.2. The lowest BCUT2D eigenvalue weighted by Crippen LogP contribution is -1.88. The highest BCUT2D eigenvalue weighted by Gasteiger charge is 2.08. The molecule has 0 amide bonds. The SMILES string of the molecule is CC(=O)c1ccc(Cc2ccc3oc(C)nc3c2)o1. The van der Waals surface area contributed by atoms with Crippen LogP contribution in [-0.2, 0) is 6.42 Å². The molecule has 2 aromatic heterocycles. The molecule has 0 spiro atoms. The first-order chi connectivity index (χ1) is 9.11. The molecule has 0 atom stereocenters. The van der Waals surface area contributed by atoms with Crippen molar-refractivity contribution >= 4 is 16.9 Å². The molecule has 0 saturated heterocycles. The average Bonchev–Trinajstić information content (AvgIpc) is 2.94. The second-order valence-electron chi connectivity index (χ2n) is 4.53. The summed E-state index contributed by atoms with van der Waals surface area (Å²) in [5.74, 6) is 1.76. The van der Waals surface area contributed by atoms with Crippen molar-refractivity contribution in [3.63, 3.8) is 0 Å². The van der Waals surface area contributed by atoms with Crippen molar-refractivity contribution in [2.75, 3.05) is 0 Å². The van der Waals surface area contributed by atoms with Crippen LogP contribution in [0.25, 0.3) is 11.1 Å². The molecular formula is C15H13NO3. The molecule has 0 aliphatic heterocycles. The van der Waals surface area contributed by atoms with Crippen LogP contribution in [0.15, 0.2) is 39.2 Å². The van der Waals surface area contributed by atoms with Crippen LogP contribution in [-0.4, -0.2) is 10.8 Å². The second kappa shape index (κ2) is 4.39. The van der Waals surface area contributed by atoms with Gasteiger partial charge >= 0.3 is 0 Å². The third-order valence-electron chi connectivity index (χ3n) is 2.95. The predicted octanol–water partition coefficient (Wildman–Crippen LogP) is 3.52. The molecule has 0 N–H and O–H groups in total. The lowest BCUT2D eigenvalue weighted by atomic mass is 10.1. The number of rotatable bonds is 3. The van der Waals surface area contributed by atoms with Crippen molar-refractivity contribution < 1.29 is 13.6 Å². The quantitative estimate of drug-likeness (QED) is 0.672. The third kappa shape index (κ3) is 2.29. The van der Waals surface area contributed by atoms with Gasteiger partial charge in [-0.15, -0.1) is 0 Å². The van der Waals surface area contributed by atoms with Crippen molar-refractivity contribution in [1.82, 2.24) is 4.98 Å². The maximum Gasteiger partial charge on any atom is 0.194 e. The van der Waals surface area contributed by atoms with Crippen molar-refractivity contribution in [1.29, 1.82) is 0 Å². The number of aromatic nitrogens is 1. The van der Waals surface area contributed by atoms with Gasteiger partial charge in [0, 0.05) is 20.3 Å². The number of nitrogens with zero attached hydrogens (tertiary/aromatic N) is 1. The van der Waals surface area contributed by atoms with Crippen LogP contribution in [0.2, 0.25) is 0 Å². The summed E-state index contributed by atoms with van der Waals surface area (Å²) in [6.07, 6.45) is 0.634. The molecule has 4 nitrogen and oxygen atoms in total. The Labute approximate surface area is 110 Å². The fraction of sp³-hybridized carbons (Fsp3) is 0.200. The molecule has 3 rings (SSSR count). The molecule has 0 aliphatic rings. The minimum absolute atomic E-state index is 0.0613. The number of fused-ring (bicyclic) bond motifs is 1. The summed E-state index contributed by atoms with van der Waals surface area (Å²) in [7, 11) is 0. The topological polar surface area (TPSA) is 56.2 Å². The second-order valence-corrected chi connectivity index (χ2v) is 4.53. The highest BCUT2D eigenvalue weighted by molar-refractivity contribution is 5.91. The molecule has 96 valence electrons. The van der Waals surface area contributed by atoms with E-state index in [4.69, 9.17) is 8.83 Å². The number of Topliss-reactive ketones (excluding diaryl/α,β-unsaturated/α-hetero) is 1. The number of furan rings is 1. The zero-order chi connectivity index (χ0) is 13.4. The number of aryl methyl sites for hydroxylation is 1. The fourth-order valence-corrected chi connectivity index (χ4v) is 2.06. The van der Waals surface area contributed by atoms with E-state index in [9.17, 15) is 4.79 Å². The monoisotopic (exact) mass is 255 g/mol. The van der Waals surface area contributed by atoms with Crippen LogP contribution >= 0.6 is 0 Å². The Morgan fingerprint density at radius 3 is 2.79 bits per heavy atom. The lowest BCUT2D eigenvalue weighted by molar-refractivity contribution is 0.0985. The van der Waals surface area contributed by atoms with E-state index in [1.54, 1.807) is 6.07 Å². The van der Waals surface area contributed by atoms with E-state index < -0.39 is 0 Å². The number of ketones is 1. The van der Waals surface area contributed by atoms with Crippen molar-refractivity contribution in [2.24, 2.45) is 0 Å². The van der Waals surface area contributed by atoms with Crippen molar-refractivity contribution in [3.05, 3.63) is 53.3 Å². The van der Waals surface area contributed by atoms with Crippen LogP contribution in [0.3, 0.4) is 0 Å². The predicted molar refractivity (Wildman–Crippen MR) is 70.3 cm³/mol. The zero-order valence-electron chi connectivity index (χ0n) is 10.8. The molecule has 0 bridgehead atoms. The van der Waals surface area contributed by atoms with E-state index in [-0.39, 0.29) is 5.78 Å². The Bertz CT molecular complexity index is 752. The first kappa shape index (κ1) is 11.7. The molecule has 1 aromatic carbocycles. The third-order valence-corrected chi connectivity index (χ3v) is 2.95. The molecule has 0 unspecified atom stereocenters. The highest BCUT2D eigenvalue weighted by atomic mass is 16.4. The molecule has 0 radical (unpaired) electrons. The molecule has 0 aliphatic carbocycles. The molecule has 4 heteroatoms. The Balaban J connectivity index is 1.89. The molecule has 0 saturated carbocycles. The summed E-state index contributed by atoms with van der Waals surface area (Å²) in [6, 6.07) is 9.38. The highest BCUT2D eigenvalue weighted by Crippen LogP contribution is 2.20. The standard InChI is InChI=1S/C15H13NO3/c1-9(17)14-6-4-12(19-14)7-11-3-5-15-13(8-11)16-10(2)18-15/h3-6,8H,7H2,1-2H3. The van der Waals surface area contributed by atoms with Gasteiger partial charge in [-0.05, 0) is 29.8 Å². The Morgan fingerprint density at radius 1 is 1.21 bits per heavy atom. The van der Waals surface area contributed by atoms with E-state index >= 15 is 0 Å². The van der Waals surface area contributed by atoms with Crippen molar-refractivity contribution in [3.8, 4) is 0 Å². The first-order valence-electron chi connectivity index (χ1n) is 6.07. The van der Waals surface area contributed by atoms with Crippen LogP contribution in [0.5, 0.6) is 0 Å². The molecule has 0 fully saturated rings. The number of carbonyl (C=O) groups excluding carboxylic acids is 1. The van der Waals surface area contributed by atoms with Gasteiger partial charge < -0.3 is 8.83 Å². The van der Waals surface area contributed by atoms with Gasteiger partial charge in [-0.3, -0.25) is 4.79 Å². The van der Waals surface area contributed by atoms with Crippen LogP contribution in [0.1, 0.15) is 34.7 Å². The van der Waals surface area contributed by atoms with Gasteiger partial charge in [-0.25, -0.2) is 4.98 Å². The summed E-state index contributed by atoms with van der Waals surface area (Å²) in [4.78, 5) is 15.5. The van der Waals surface area contributed by atoms with E-state index in [0.29, 0.717) is 18.1 Å². The Kier molecular flexibility index (Phi) is 2.71. The number of carbonyl (C=O) groups is 1. The fourth-order valence-electron chi connectivity index (χ4n) is 2.06.